The molecule has 1 saturated heterocycles. The van der Waals surface area contributed by atoms with Crippen molar-refractivity contribution in [2.24, 2.45) is 5.92 Å². The molecule has 2 atom stereocenters. The van der Waals surface area contributed by atoms with Crippen molar-refractivity contribution in [3.63, 3.8) is 0 Å². The highest BCUT2D eigenvalue weighted by molar-refractivity contribution is 5.83. The fourth-order valence-electron chi connectivity index (χ4n) is 4.39. The third-order valence-corrected chi connectivity index (χ3v) is 6.30. The van der Waals surface area contributed by atoms with E-state index in [-0.39, 0.29) is 29.6 Å². The molecule has 1 heterocycles. The van der Waals surface area contributed by atoms with Crippen LogP contribution >= 0.6 is 0 Å². The van der Waals surface area contributed by atoms with Crippen LogP contribution in [-0.4, -0.2) is 37.0 Å². The highest BCUT2D eigenvalue weighted by atomic mass is 19.4. The molecule has 1 saturated carbocycles. The number of nitrogens with zero attached hydrogens (tertiary/aromatic N) is 2. The molecule has 0 radical (unpaired) electrons. The van der Waals surface area contributed by atoms with E-state index < -0.39 is 11.7 Å². The van der Waals surface area contributed by atoms with E-state index in [2.05, 4.69) is 4.90 Å². The van der Waals surface area contributed by atoms with E-state index in [0.29, 0.717) is 12.0 Å². The molecule has 4 rings (SSSR count). The van der Waals surface area contributed by atoms with E-state index in [1.807, 2.05) is 0 Å². The standard InChI is InChI=1S/C23H24F4N2O/c1-28(18-9-11-29(12-10-18)19-7-5-17(24)6-8-19)22(30)21-14-20(21)15-3-2-4-16(13-15)23(25,26)27/h2-8,13,18,20-21H,9-12,14H2,1H3. The lowest BCUT2D eigenvalue weighted by Crippen LogP contribution is -2.46. The Morgan fingerprint density at radius 1 is 1.07 bits per heavy atom. The van der Waals surface area contributed by atoms with Crippen molar-refractivity contribution in [1.29, 1.82) is 0 Å². The quantitative estimate of drug-likeness (QED) is 0.645. The summed E-state index contributed by atoms with van der Waals surface area (Å²) in [5, 5.41) is 0. The molecule has 3 nitrogen and oxygen atoms in total. The largest absolute Gasteiger partial charge is 0.416 e. The van der Waals surface area contributed by atoms with Crippen molar-refractivity contribution in [2.45, 2.75) is 37.4 Å². The molecular weight excluding hydrogens is 396 g/mol. The molecule has 0 bridgehead atoms. The molecule has 2 aromatic rings. The van der Waals surface area contributed by atoms with Crippen molar-refractivity contribution >= 4 is 11.6 Å². The van der Waals surface area contributed by atoms with Gasteiger partial charge in [0.1, 0.15) is 5.82 Å². The van der Waals surface area contributed by atoms with E-state index >= 15 is 0 Å². The molecular formula is C23H24F4N2O. The fraction of sp³-hybridized carbons (Fsp3) is 0.435. The summed E-state index contributed by atoms with van der Waals surface area (Å²) in [6.45, 7) is 1.55. The molecule has 2 aromatic carbocycles. The summed E-state index contributed by atoms with van der Waals surface area (Å²) >= 11 is 0. The van der Waals surface area contributed by atoms with Crippen LogP contribution in [-0.2, 0) is 11.0 Å². The lowest BCUT2D eigenvalue weighted by atomic mass is 10.0. The minimum Gasteiger partial charge on any atom is -0.371 e. The zero-order valence-corrected chi connectivity index (χ0v) is 16.7. The molecule has 1 amide bonds. The number of benzene rings is 2. The Morgan fingerprint density at radius 2 is 1.73 bits per heavy atom. The second kappa shape index (κ2) is 7.93. The smallest absolute Gasteiger partial charge is 0.371 e. The van der Waals surface area contributed by atoms with Gasteiger partial charge in [0.25, 0.3) is 0 Å². The zero-order valence-electron chi connectivity index (χ0n) is 16.7. The first-order chi connectivity index (χ1) is 14.2. The average Bonchev–Trinajstić information content (AvgIpc) is 3.54. The summed E-state index contributed by atoms with van der Waals surface area (Å²) in [4.78, 5) is 16.9. The van der Waals surface area contributed by atoms with Crippen molar-refractivity contribution in [3.05, 3.63) is 65.5 Å². The normalized spacial score (nSPS) is 22.1. The van der Waals surface area contributed by atoms with E-state index in [1.54, 1.807) is 30.1 Å². The van der Waals surface area contributed by atoms with E-state index in [1.165, 1.54) is 24.3 Å². The van der Waals surface area contributed by atoms with Crippen LogP contribution in [0.3, 0.4) is 0 Å². The van der Waals surface area contributed by atoms with Crippen LogP contribution in [0.15, 0.2) is 48.5 Å². The van der Waals surface area contributed by atoms with E-state index in [9.17, 15) is 22.4 Å². The van der Waals surface area contributed by atoms with Gasteiger partial charge >= 0.3 is 6.18 Å². The average molecular weight is 420 g/mol. The second-order valence-corrected chi connectivity index (χ2v) is 8.22. The molecule has 2 fully saturated rings. The summed E-state index contributed by atoms with van der Waals surface area (Å²) in [6, 6.07) is 11.8. The Kier molecular flexibility index (Phi) is 5.47. The van der Waals surface area contributed by atoms with Gasteiger partial charge in [-0.3, -0.25) is 4.79 Å². The SMILES string of the molecule is CN(C(=O)C1CC1c1cccc(C(F)(F)F)c1)C1CCN(c2ccc(F)cc2)CC1. The zero-order chi connectivity index (χ0) is 21.5. The second-order valence-electron chi connectivity index (χ2n) is 8.22. The number of halogens is 4. The van der Waals surface area contributed by atoms with Gasteiger partial charge < -0.3 is 9.80 Å². The number of carbonyl (C=O) groups is 1. The van der Waals surface area contributed by atoms with Gasteiger partial charge in [0.15, 0.2) is 0 Å². The number of amides is 1. The Labute approximate surface area is 173 Å². The van der Waals surface area contributed by atoms with Crippen molar-refractivity contribution in [1.82, 2.24) is 4.90 Å². The Balaban J connectivity index is 1.34. The van der Waals surface area contributed by atoms with Crippen LogP contribution < -0.4 is 4.90 Å². The van der Waals surface area contributed by atoms with Gasteiger partial charge in [0, 0.05) is 37.8 Å². The van der Waals surface area contributed by atoms with Crippen LogP contribution in [0.2, 0.25) is 0 Å². The third-order valence-electron chi connectivity index (χ3n) is 6.30. The maximum atomic E-state index is 13.1. The molecule has 1 aliphatic heterocycles. The number of hydrogen-bond acceptors (Lipinski definition) is 2. The van der Waals surface area contributed by atoms with Gasteiger partial charge in [-0.1, -0.05) is 18.2 Å². The van der Waals surface area contributed by atoms with Crippen molar-refractivity contribution in [2.75, 3.05) is 25.0 Å². The van der Waals surface area contributed by atoms with Crippen LogP contribution in [0.4, 0.5) is 23.2 Å². The maximum absolute atomic E-state index is 13.1. The molecule has 160 valence electrons. The number of hydrogen-bond donors (Lipinski definition) is 0. The highest BCUT2D eigenvalue weighted by Crippen LogP contribution is 2.49. The molecule has 7 heteroatoms. The van der Waals surface area contributed by atoms with Crippen LogP contribution in [0.25, 0.3) is 0 Å². The van der Waals surface area contributed by atoms with Gasteiger partial charge in [0.2, 0.25) is 5.91 Å². The summed E-state index contributed by atoms with van der Waals surface area (Å²) < 4.78 is 52.0. The first kappa shape index (κ1) is 20.7. The van der Waals surface area contributed by atoms with Crippen LogP contribution in [0, 0.1) is 11.7 Å². The number of piperidine rings is 1. The first-order valence-electron chi connectivity index (χ1n) is 10.2. The minimum absolute atomic E-state index is 0.0117. The molecule has 30 heavy (non-hydrogen) atoms. The Hall–Kier alpha value is -2.57. The van der Waals surface area contributed by atoms with Crippen molar-refractivity contribution < 1.29 is 22.4 Å². The Morgan fingerprint density at radius 3 is 2.37 bits per heavy atom. The number of anilines is 1. The molecule has 1 aliphatic carbocycles. The maximum Gasteiger partial charge on any atom is 0.416 e. The van der Waals surface area contributed by atoms with Crippen LogP contribution in [0.5, 0.6) is 0 Å². The summed E-state index contributed by atoms with van der Waals surface area (Å²) in [6.07, 6.45) is -2.17. The number of carbonyl (C=O) groups excluding carboxylic acids is 1. The lowest BCUT2D eigenvalue weighted by molar-refractivity contribution is -0.137. The summed E-state index contributed by atoms with van der Waals surface area (Å²) in [7, 11) is 1.79. The molecule has 0 spiro atoms. The van der Waals surface area contributed by atoms with Gasteiger partial charge in [-0.05, 0) is 61.1 Å². The third kappa shape index (κ3) is 4.30. The molecule has 0 N–H and O–H groups in total. The van der Waals surface area contributed by atoms with Crippen molar-refractivity contribution in [3.8, 4) is 0 Å². The Bertz CT molecular complexity index is 904. The fourth-order valence-corrected chi connectivity index (χ4v) is 4.39. The summed E-state index contributed by atoms with van der Waals surface area (Å²) in [5.74, 6) is -0.633. The molecule has 2 unspecified atom stereocenters. The van der Waals surface area contributed by atoms with Gasteiger partial charge in [-0.25, -0.2) is 4.39 Å². The highest BCUT2D eigenvalue weighted by Gasteiger charge is 2.46. The minimum atomic E-state index is -4.38. The number of alkyl halides is 3. The van der Waals surface area contributed by atoms with E-state index in [0.717, 1.165) is 37.7 Å². The van der Waals surface area contributed by atoms with E-state index in [4.69, 9.17) is 0 Å². The van der Waals surface area contributed by atoms with Gasteiger partial charge in [-0.2, -0.15) is 13.2 Å². The monoisotopic (exact) mass is 420 g/mol. The molecule has 2 aliphatic rings. The van der Waals surface area contributed by atoms with Crippen LogP contribution in [0.1, 0.15) is 36.3 Å². The van der Waals surface area contributed by atoms with Gasteiger partial charge in [-0.15, -0.1) is 0 Å². The number of rotatable bonds is 4. The first-order valence-corrected chi connectivity index (χ1v) is 10.2. The van der Waals surface area contributed by atoms with Gasteiger partial charge in [0.05, 0.1) is 5.56 Å². The summed E-state index contributed by atoms with van der Waals surface area (Å²) in [5.41, 5.74) is 0.887. The predicted molar refractivity (Wildman–Crippen MR) is 107 cm³/mol. The lowest BCUT2D eigenvalue weighted by Gasteiger charge is -2.38. The predicted octanol–water partition coefficient (Wildman–Crippen LogP) is 5.08. The molecule has 0 aromatic heterocycles. The topological polar surface area (TPSA) is 23.6 Å².